The van der Waals surface area contributed by atoms with Crippen LogP contribution in [0.2, 0.25) is 0 Å². The molecule has 5 N–H and O–H groups in total. The molecule has 0 aliphatic carbocycles. The van der Waals surface area contributed by atoms with E-state index in [1.54, 1.807) is 0 Å². The molecule has 0 bridgehead atoms. The zero-order valence-corrected chi connectivity index (χ0v) is 6.36. The molecule has 0 fully saturated rings. The van der Waals surface area contributed by atoms with Gasteiger partial charge in [0.25, 0.3) is 0 Å². The lowest BCUT2D eigenvalue weighted by molar-refractivity contribution is -0.135. The summed E-state index contributed by atoms with van der Waals surface area (Å²) in [6.07, 6.45) is -0.598. The van der Waals surface area contributed by atoms with Crippen molar-refractivity contribution in [2.24, 2.45) is 0 Å². The first-order valence-electron chi connectivity index (χ1n) is 2.39. The van der Waals surface area contributed by atoms with Gasteiger partial charge in [0, 0.05) is 0 Å². The minimum atomic E-state index is -4.10. The maximum Gasteiger partial charge on any atom is 0.339 e. The Morgan fingerprint density at radius 3 is 2.18 bits per heavy atom. The van der Waals surface area contributed by atoms with E-state index < -0.39 is 26.4 Å². The molecule has 7 nitrogen and oxygen atoms in total. The largest absolute Gasteiger partial charge is 0.480 e. The predicted molar refractivity (Wildman–Crippen MR) is 34.5 cm³/mol. The molecule has 11 heavy (non-hydrogen) atoms. The van der Waals surface area contributed by atoms with Crippen molar-refractivity contribution in [3.8, 4) is 0 Å². The van der Waals surface area contributed by atoms with Crippen molar-refractivity contribution in [3.63, 3.8) is 0 Å². The summed E-state index contributed by atoms with van der Waals surface area (Å²) in [5.74, 6) is -1.14. The molecule has 0 rings (SSSR count). The van der Waals surface area contributed by atoms with Crippen LogP contribution in [0.25, 0.3) is 0 Å². The fourth-order valence-corrected chi connectivity index (χ4v) is 0.712. The van der Waals surface area contributed by atoms with Crippen molar-refractivity contribution in [1.82, 2.24) is 5.32 Å². The van der Waals surface area contributed by atoms with Gasteiger partial charge in [0.2, 0.25) is 0 Å². The van der Waals surface area contributed by atoms with Gasteiger partial charge in [-0.3, -0.25) is 20.2 Å². The highest BCUT2D eigenvalue weighted by atomic mass is 31.2. The van der Waals surface area contributed by atoms with Gasteiger partial charge < -0.3 is 14.9 Å². The van der Waals surface area contributed by atoms with Crippen molar-refractivity contribution in [2.45, 2.75) is 0 Å². The molecule has 67 valence electrons. The number of rotatable bonds is 4. The molecule has 1 radical (unpaired) electrons. The van der Waals surface area contributed by atoms with Gasteiger partial charge in [-0.2, -0.15) is 0 Å². The third kappa shape index (κ3) is 12.7. The molecule has 0 aromatic rings. The van der Waals surface area contributed by atoms with Crippen LogP contribution in [0, 0.1) is 0 Å². The molecule has 0 aromatic heterocycles. The second kappa shape index (κ2) is 5.22. The predicted octanol–water partition coefficient (Wildman–Crippen LogP) is -1.38. The van der Waals surface area contributed by atoms with Crippen LogP contribution in [0.1, 0.15) is 0 Å². The summed E-state index contributed by atoms with van der Waals surface area (Å²) < 4.78 is 10.1. The first-order valence-corrected chi connectivity index (χ1v) is 4.18. The molecule has 0 aliphatic rings. The molecule has 0 aliphatic heterocycles. The van der Waals surface area contributed by atoms with Gasteiger partial charge in [0.15, 0.2) is 0 Å². The summed E-state index contributed by atoms with van der Waals surface area (Å²) in [5.41, 5.74) is 0. The van der Waals surface area contributed by atoms with Crippen molar-refractivity contribution in [3.05, 3.63) is 0 Å². The van der Waals surface area contributed by atoms with Crippen molar-refractivity contribution < 1.29 is 29.7 Å². The normalized spacial score (nSPS) is 10.4. The van der Waals surface area contributed by atoms with Gasteiger partial charge in [0.05, 0.1) is 12.8 Å². The molecule has 0 spiro atoms. The molecule has 0 saturated heterocycles. The molecule has 0 heterocycles. The Morgan fingerprint density at radius 1 is 1.45 bits per heavy atom. The van der Waals surface area contributed by atoms with Crippen LogP contribution in [0.4, 0.5) is 0 Å². The van der Waals surface area contributed by atoms with Crippen LogP contribution in [-0.2, 0) is 9.36 Å². The highest BCUT2D eigenvalue weighted by molar-refractivity contribution is 7.51. The number of nitrogens with one attached hydrogen (secondary N) is 1. The lowest BCUT2D eigenvalue weighted by Gasteiger charge is -2.02. The van der Waals surface area contributed by atoms with E-state index in [0.717, 1.165) is 0 Å². The van der Waals surface area contributed by atoms with Crippen LogP contribution in [0.5, 0.6) is 0 Å². The number of carbonyl (C=O) groups is 1. The van der Waals surface area contributed by atoms with E-state index in [-0.39, 0.29) is 5.48 Å². The smallest absolute Gasteiger partial charge is 0.339 e. The SMILES string of the molecule is O=C(O)CNCP(=O)(O)O.[OH]. The van der Waals surface area contributed by atoms with E-state index in [2.05, 4.69) is 5.32 Å². The Balaban J connectivity index is 0. The lowest BCUT2D eigenvalue weighted by atomic mass is 10.7. The Hall–Kier alpha value is -0.460. The van der Waals surface area contributed by atoms with Crippen LogP contribution in [0.15, 0.2) is 0 Å². The molecule has 0 unspecified atom stereocenters. The van der Waals surface area contributed by atoms with Crippen molar-refractivity contribution in [1.29, 1.82) is 0 Å². The van der Waals surface area contributed by atoms with Gasteiger partial charge in [-0.05, 0) is 0 Å². The summed E-state index contributed by atoms with van der Waals surface area (Å²) in [5, 5.41) is 10.1. The zero-order chi connectivity index (χ0) is 8.20. The number of hydrogen-bond acceptors (Lipinski definition) is 3. The molecule has 0 atom stereocenters. The minimum Gasteiger partial charge on any atom is -0.480 e. The molecular weight excluding hydrogens is 177 g/mol. The summed E-state index contributed by atoms with van der Waals surface area (Å²) in [7, 11) is -4.10. The standard InChI is InChI=1S/C3H8NO5P.HO/c5-3(6)1-4-2-10(7,8)9;/h4H,1-2H2,(H,5,6)(H2,7,8,9);1H. The Kier molecular flexibility index (Phi) is 6.25. The average Bonchev–Trinajstić information content (AvgIpc) is 1.59. The van der Waals surface area contributed by atoms with Crippen LogP contribution >= 0.6 is 7.60 Å². The molecular formula is C3H9NO6P. The second-order valence-electron chi connectivity index (χ2n) is 1.64. The van der Waals surface area contributed by atoms with E-state index in [1.165, 1.54) is 0 Å². The van der Waals surface area contributed by atoms with Gasteiger partial charge >= 0.3 is 13.6 Å². The Morgan fingerprint density at radius 2 is 1.91 bits per heavy atom. The van der Waals surface area contributed by atoms with Crippen LogP contribution in [-0.4, -0.2) is 39.2 Å². The van der Waals surface area contributed by atoms with E-state index >= 15 is 0 Å². The lowest BCUT2D eigenvalue weighted by Crippen LogP contribution is -2.23. The number of aliphatic carboxylic acids is 1. The van der Waals surface area contributed by atoms with E-state index in [9.17, 15) is 9.36 Å². The molecule has 0 saturated carbocycles. The second-order valence-corrected chi connectivity index (χ2v) is 3.29. The van der Waals surface area contributed by atoms with Gasteiger partial charge in [-0.15, -0.1) is 0 Å². The summed E-state index contributed by atoms with van der Waals surface area (Å²) in [6.45, 7) is -0.439. The zero-order valence-electron chi connectivity index (χ0n) is 5.47. The van der Waals surface area contributed by atoms with E-state index in [0.29, 0.717) is 0 Å². The summed E-state index contributed by atoms with van der Waals surface area (Å²) >= 11 is 0. The van der Waals surface area contributed by atoms with Crippen LogP contribution in [0.3, 0.4) is 0 Å². The average molecular weight is 186 g/mol. The van der Waals surface area contributed by atoms with Crippen molar-refractivity contribution >= 4 is 13.6 Å². The van der Waals surface area contributed by atoms with E-state index in [1.807, 2.05) is 0 Å². The first-order chi connectivity index (χ1) is 4.42. The summed E-state index contributed by atoms with van der Waals surface area (Å²) in [4.78, 5) is 26.1. The van der Waals surface area contributed by atoms with Crippen molar-refractivity contribution in [2.75, 3.05) is 12.8 Å². The number of carboxylic acid groups (broad SMARTS) is 1. The van der Waals surface area contributed by atoms with E-state index in [4.69, 9.17) is 14.9 Å². The fourth-order valence-electron chi connectivity index (χ4n) is 0.308. The van der Waals surface area contributed by atoms with Crippen LogP contribution < -0.4 is 5.32 Å². The number of hydrogen-bond donors (Lipinski definition) is 5. The molecule has 0 aromatic carbocycles. The third-order valence-corrected chi connectivity index (χ3v) is 1.23. The topological polar surface area (TPSA) is 137 Å². The summed E-state index contributed by atoms with van der Waals surface area (Å²) in [6, 6.07) is 0. The number of carboxylic acids is 1. The molecule has 8 heteroatoms. The highest BCUT2D eigenvalue weighted by Gasteiger charge is 2.11. The van der Waals surface area contributed by atoms with Gasteiger partial charge in [-0.25, -0.2) is 0 Å². The van der Waals surface area contributed by atoms with Gasteiger partial charge in [0.1, 0.15) is 0 Å². The van der Waals surface area contributed by atoms with Gasteiger partial charge in [-0.1, -0.05) is 0 Å². The maximum atomic E-state index is 10.1. The maximum absolute atomic E-state index is 10.1. The first kappa shape index (κ1) is 13.2. The minimum absolute atomic E-state index is 0. The third-order valence-electron chi connectivity index (χ3n) is 0.594. The monoisotopic (exact) mass is 186 g/mol. The quantitative estimate of drug-likeness (QED) is 0.343. The Labute approximate surface area is 62.5 Å². The highest BCUT2D eigenvalue weighted by Crippen LogP contribution is 2.31. The Bertz CT molecular complexity index is 163. The molecule has 0 amide bonds. The fraction of sp³-hybridized carbons (Fsp3) is 0.667.